The topological polar surface area (TPSA) is 52.7 Å². The second-order valence-corrected chi connectivity index (χ2v) is 7.74. The number of carbonyl (C=O) groups excluding carboxylic acids is 2. The van der Waals surface area contributed by atoms with E-state index in [1.165, 1.54) is 19.3 Å². The Balaban J connectivity index is 1.57. The van der Waals surface area contributed by atoms with Gasteiger partial charge >= 0.3 is 0 Å². The monoisotopic (exact) mass is 377 g/mol. The summed E-state index contributed by atoms with van der Waals surface area (Å²) in [6, 6.07) is 5.78. The fourth-order valence-corrected chi connectivity index (χ4v) is 4.06. The molecule has 142 valence electrons. The smallest absolute Gasteiger partial charge is 0.253 e. The van der Waals surface area contributed by atoms with E-state index in [-0.39, 0.29) is 11.8 Å². The minimum atomic E-state index is -0.136. The van der Waals surface area contributed by atoms with Crippen molar-refractivity contribution in [2.45, 2.75) is 51.5 Å². The molecule has 2 amide bonds. The summed E-state index contributed by atoms with van der Waals surface area (Å²) in [5.41, 5.74) is 1.15. The van der Waals surface area contributed by atoms with Gasteiger partial charge in [-0.15, -0.1) is 0 Å². The number of amides is 2. The molecule has 2 saturated heterocycles. The number of piperidine rings is 1. The Morgan fingerprint density at radius 1 is 1.27 bits per heavy atom. The van der Waals surface area contributed by atoms with Gasteiger partial charge in [0.25, 0.3) is 5.91 Å². The minimum Gasteiger partial charge on any atom is -0.352 e. The lowest BCUT2D eigenvalue weighted by molar-refractivity contribution is -0.117. The molecule has 26 heavy (non-hydrogen) atoms. The van der Waals surface area contributed by atoms with Gasteiger partial charge in [0.2, 0.25) is 5.91 Å². The van der Waals surface area contributed by atoms with Crippen molar-refractivity contribution < 1.29 is 9.59 Å². The summed E-state index contributed by atoms with van der Waals surface area (Å²) in [7, 11) is 0. The predicted molar refractivity (Wildman–Crippen MR) is 105 cm³/mol. The van der Waals surface area contributed by atoms with E-state index in [4.69, 9.17) is 11.6 Å². The number of anilines is 1. The number of nitrogens with one attached hydrogen (secondary N) is 1. The van der Waals surface area contributed by atoms with E-state index < -0.39 is 0 Å². The number of rotatable bonds is 6. The van der Waals surface area contributed by atoms with Gasteiger partial charge in [-0.2, -0.15) is 0 Å². The molecular weight excluding hydrogens is 350 g/mol. The molecule has 2 fully saturated rings. The molecule has 0 radical (unpaired) electrons. The van der Waals surface area contributed by atoms with Crippen molar-refractivity contribution in [1.29, 1.82) is 0 Å². The number of benzene rings is 1. The van der Waals surface area contributed by atoms with Gasteiger partial charge in [-0.1, -0.05) is 18.0 Å². The van der Waals surface area contributed by atoms with Crippen molar-refractivity contribution in [3.63, 3.8) is 0 Å². The molecule has 1 unspecified atom stereocenters. The number of likely N-dealkylation sites (tertiary alicyclic amines) is 1. The van der Waals surface area contributed by atoms with Crippen LogP contribution in [0.15, 0.2) is 18.2 Å². The van der Waals surface area contributed by atoms with Crippen LogP contribution in [0.2, 0.25) is 5.02 Å². The van der Waals surface area contributed by atoms with Crippen LogP contribution in [0.5, 0.6) is 0 Å². The van der Waals surface area contributed by atoms with Crippen molar-refractivity contribution in [2.24, 2.45) is 0 Å². The number of hydrogen-bond donors (Lipinski definition) is 1. The Bertz CT molecular complexity index is 664. The maximum atomic E-state index is 12.6. The van der Waals surface area contributed by atoms with E-state index in [9.17, 15) is 9.59 Å². The van der Waals surface area contributed by atoms with Crippen LogP contribution in [0, 0.1) is 0 Å². The second-order valence-electron chi connectivity index (χ2n) is 7.30. The fraction of sp³-hybridized carbons (Fsp3) is 0.600. The third-order valence-electron chi connectivity index (χ3n) is 5.42. The summed E-state index contributed by atoms with van der Waals surface area (Å²) in [6.07, 6.45) is 6.14. The third-order valence-corrected chi connectivity index (χ3v) is 5.65. The van der Waals surface area contributed by atoms with Gasteiger partial charge in [-0.25, -0.2) is 0 Å². The van der Waals surface area contributed by atoms with Crippen molar-refractivity contribution >= 4 is 29.1 Å². The Hall–Kier alpha value is -1.59. The molecule has 1 N–H and O–H groups in total. The second kappa shape index (κ2) is 8.87. The average Bonchev–Trinajstić information content (AvgIpc) is 3.05. The van der Waals surface area contributed by atoms with Crippen molar-refractivity contribution in [3.8, 4) is 0 Å². The molecule has 0 saturated carbocycles. The van der Waals surface area contributed by atoms with Crippen LogP contribution in [-0.4, -0.2) is 48.9 Å². The maximum absolute atomic E-state index is 12.6. The number of halogens is 1. The van der Waals surface area contributed by atoms with Crippen LogP contribution in [0.3, 0.4) is 0 Å². The Labute approximate surface area is 160 Å². The van der Waals surface area contributed by atoms with Crippen LogP contribution >= 0.6 is 11.6 Å². The summed E-state index contributed by atoms with van der Waals surface area (Å²) in [5.74, 6) is -0.0801. The predicted octanol–water partition coefficient (Wildman–Crippen LogP) is 3.46. The van der Waals surface area contributed by atoms with Gasteiger partial charge in [0.05, 0.1) is 11.3 Å². The highest BCUT2D eigenvalue weighted by atomic mass is 35.5. The van der Waals surface area contributed by atoms with Crippen molar-refractivity contribution in [1.82, 2.24) is 10.2 Å². The van der Waals surface area contributed by atoms with Crippen LogP contribution in [0.25, 0.3) is 0 Å². The van der Waals surface area contributed by atoms with E-state index in [0.29, 0.717) is 41.8 Å². The van der Waals surface area contributed by atoms with Crippen molar-refractivity contribution in [3.05, 3.63) is 28.8 Å². The first-order chi connectivity index (χ1) is 12.6. The molecule has 3 rings (SSSR count). The first-order valence-electron chi connectivity index (χ1n) is 9.68. The zero-order valence-corrected chi connectivity index (χ0v) is 16.2. The van der Waals surface area contributed by atoms with E-state index >= 15 is 0 Å². The van der Waals surface area contributed by atoms with Gasteiger partial charge in [0.15, 0.2) is 0 Å². The summed E-state index contributed by atoms with van der Waals surface area (Å²) in [6.45, 7) is 5.74. The molecule has 2 heterocycles. The Morgan fingerprint density at radius 3 is 2.85 bits per heavy atom. The quantitative estimate of drug-likeness (QED) is 0.772. The summed E-state index contributed by atoms with van der Waals surface area (Å²) < 4.78 is 0. The summed E-state index contributed by atoms with van der Waals surface area (Å²) in [5, 5.41) is 3.54. The van der Waals surface area contributed by atoms with Crippen LogP contribution in [0.4, 0.5) is 5.69 Å². The molecule has 2 aliphatic heterocycles. The molecule has 1 atom stereocenters. The van der Waals surface area contributed by atoms with E-state index in [0.717, 1.165) is 25.9 Å². The molecule has 0 bridgehead atoms. The molecule has 2 aliphatic rings. The number of hydrogen-bond acceptors (Lipinski definition) is 3. The Morgan fingerprint density at radius 2 is 2.12 bits per heavy atom. The summed E-state index contributed by atoms with van der Waals surface area (Å²) >= 11 is 6.10. The lowest BCUT2D eigenvalue weighted by atomic mass is 10.0. The molecule has 0 aromatic heterocycles. The Kier molecular flexibility index (Phi) is 6.54. The molecular formula is C20H28ClN3O2. The highest BCUT2D eigenvalue weighted by Crippen LogP contribution is 2.28. The minimum absolute atomic E-state index is 0.0559. The standard InChI is InChI=1S/C20H28ClN3O2/c1-15-6-2-3-11-23(15)12-5-10-22-20(26)17-9-8-16(21)14-18(17)24-13-4-7-19(24)25/h8-9,14-15H,2-7,10-13H2,1H3,(H,22,26). The molecule has 1 aromatic carbocycles. The largest absolute Gasteiger partial charge is 0.352 e. The SMILES string of the molecule is CC1CCCCN1CCCNC(=O)c1ccc(Cl)cc1N1CCCC1=O. The zero-order valence-electron chi connectivity index (χ0n) is 15.5. The highest BCUT2D eigenvalue weighted by Gasteiger charge is 2.26. The lowest BCUT2D eigenvalue weighted by Crippen LogP contribution is -2.39. The van der Waals surface area contributed by atoms with E-state index in [1.807, 2.05) is 0 Å². The van der Waals surface area contributed by atoms with Gasteiger partial charge in [0, 0.05) is 37.1 Å². The average molecular weight is 378 g/mol. The zero-order chi connectivity index (χ0) is 18.5. The van der Waals surface area contributed by atoms with Gasteiger partial charge in [0.1, 0.15) is 0 Å². The van der Waals surface area contributed by atoms with Gasteiger partial charge in [-0.3, -0.25) is 9.59 Å². The van der Waals surface area contributed by atoms with Gasteiger partial charge in [-0.05, 0) is 57.4 Å². The molecule has 1 aromatic rings. The molecule has 6 heteroatoms. The lowest BCUT2D eigenvalue weighted by Gasteiger charge is -2.33. The van der Waals surface area contributed by atoms with Crippen LogP contribution < -0.4 is 10.2 Å². The number of nitrogens with zero attached hydrogens (tertiary/aromatic N) is 2. The van der Waals surface area contributed by atoms with Crippen LogP contribution in [0.1, 0.15) is 55.8 Å². The van der Waals surface area contributed by atoms with E-state index in [1.54, 1.807) is 23.1 Å². The summed E-state index contributed by atoms with van der Waals surface area (Å²) in [4.78, 5) is 28.9. The highest BCUT2D eigenvalue weighted by molar-refractivity contribution is 6.31. The molecule has 0 spiro atoms. The van der Waals surface area contributed by atoms with Gasteiger partial charge < -0.3 is 15.1 Å². The third kappa shape index (κ3) is 4.57. The first-order valence-corrected chi connectivity index (χ1v) is 10.1. The maximum Gasteiger partial charge on any atom is 0.253 e. The normalized spacial score (nSPS) is 21.2. The fourth-order valence-electron chi connectivity index (χ4n) is 3.89. The van der Waals surface area contributed by atoms with Crippen LogP contribution in [-0.2, 0) is 4.79 Å². The molecule has 5 nitrogen and oxygen atoms in total. The van der Waals surface area contributed by atoms with Crippen molar-refractivity contribution in [2.75, 3.05) is 31.1 Å². The molecule has 0 aliphatic carbocycles. The van der Waals surface area contributed by atoms with E-state index in [2.05, 4.69) is 17.1 Å². The first kappa shape index (κ1) is 19.2. The number of carbonyl (C=O) groups is 2.